The quantitative estimate of drug-likeness (QED) is 0.883. The van der Waals surface area contributed by atoms with E-state index < -0.39 is 0 Å². The molecule has 1 aliphatic carbocycles. The minimum Gasteiger partial charge on any atom is -0.504 e. The summed E-state index contributed by atoms with van der Waals surface area (Å²) < 4.78 is 6.03. The normalized spacial score (nSPS) is 17.3. The first-order valence-corrected chi connectivity index (χ1v) is 6.74. The predicted octanol–water partition coefficient (Wildman–Crippen LogP) is 3.78. The van der Waals surface area contributed by atoms with E-state index >= 15 is 0 Å². The molecule has 1 aliphatic rings. The van der Waals surface area contributed by atoms with Crippen molar-refractivity contribution in [2.75, 3.05) is 7.11 Å². The topological polar surface area (TPSA) is 55.5 Å². The van der Waals surface area contributed by atoms with Crippen molar-refractivity contribution in [2.24, 2.45) is 11.7 Å². The molecule has 0 saturated heterocycles. The van der Waals surface area contributed by atoms with Crippen LogP contribution in [0.5, 0.6) is 11.5 Å². The van der Waals surface area contributed by atoms with Crippen molar-refractivity contribution in [2.45, 2.75) is 31.7 Å². The number of hydrogen-bond donors (Lipinski definition) is 2. The smallest absolute Gasteiger partial charge is 0.162 e. The Labute approximate surface area is 122 Å². The fourth-order valence-corrected chi connectivity index (χ4v) is 3.03. The number of nitrogens with two attached hydrogens (primary N) is 1. The summed E-state index contributed by atoms with van der Waals surface area (Å²) in [4.78, 5) is 0. The van der Waals surface area contributed by atoms with Crippen LogP contribution in [0.15, 0.2) is 16.6 Å². The van der Waals surface area contributed by atoms with Gasteiger partial charge in [0.2, 0.25) is 0 Å². The van der Waals surface area contributed by atoms with Crippen LogP contribution in [0, 0.1) is 5.92 Å². The number of rotatable bonds is 3. The monoisotopic (exact) mass is 335 g/mol. The van der Waals surface area contributed by atoms with Crippen LogP contribution < -0.4 is 10.5 Å². The van der Waals surface area contributed by atoms with Crippen molar-refractivity contribution in [1.82, 2.24) is 0 Å². The van der Waals surface area contributed by atoms with Crippen LogP contribution in [0.2, 0.25) is 0 Å². The van der Waals surface area contributed by atoms with E-state index in [1.54, 1.807) is 13.2 Å². The average Bonchev–Trinajstić information content (AvgIpc) is 2.84. The molecule has 5 heteroatoms. The van der Waals surface area contributed by atoms with Gasteiger partial charge in [-0.05, 0) is 30.9 Å². The Hall–Kier alpha value is -0.450. The standard InChI is InChI=1S/C13H18BrNO2.ClH/c1-17-11-7-9(14)6-10(13(11)16)12(15)8-4-2-3-5-8;/h6-8,12,16H,2-5,15H2,1H3;1H/t12-;/m0./s1. The van der Waals surface area contributed by atoms with Gasteiger partial charge in [-0.25, -0.2) is 0 Å². The SMILES string of the molecule is COc1cc(Br)cc([C@@H](N)C2CCCC2)c1O.Cl. The third kappa shape index (κ3) is 3.11. The number of aromatic hydroxyl groups is 1. The number of phenolic OH excluding ortho intramolecular Hbond substituents is 1. The molecular formula is C13H19BrClNO2. The summed E-state index contributed by atoms with van der Waals surface area (Å²) in [5, 5.41) is 10.1. The molecule has 0 amide bonds. The van der Waals surface area contributed by atoms with Crippen molar-refractivity contribution in [3.8, 4) is 11.5 Å². The van der Waals surface area contributed by atoms with Gasteiger partial charge < -0.3 is 15.6 Å². The summed E-state index contributed by atoms with van der Waals surface area (Å²) in [5.41, 5.74) is 7.04. The minimum absolute atomic E-state index is 0. The summed E-state index contributed by atoms with van der Waals surface area (Å²) in [6.45, 7) is 0. The average molecular weight is 337 g/mol. The van der Waals surface area contributed by atoms with Gasteiger partial charge in [0.15, 0.2) is 11.5 Å². The van der Waals surface area contributed by atoms with Crippen LogP contribution in [0.3, 0.4) is 0 Å². The van der Waals surface area contributed by atoms with Gasteiger partial charge >= 0.3 is 0 Å². The lowest BCUT2D eigenvalue weighted by molar-refractivity contribution is 0.359. The summed E-state index contributed by atoms with van der Waals surface area (Å²) in [5.74, 6) is 1.12. The molecule has 1 fully saturated rings. The summed E-state index contributed by atoms with van der Waals surface area (Å²) in [6.07, 6.45) is 4.78. The Morgan fingerprint density at radius 1 is 1.39 bits per heavy atom. The van der Waals surface area contributed by atoms with Crippen molar-refractivity contribution in [3.05, 3.63) is 22.2 Å². The Morgan fingerprint density at radius 2 is 2.00 bits per heavy atom. The van der Waals surface area contributed by atoms with Crippen molar-refractivity contribution >= 4 is 28.3 Å². The lowest BCUT2D eigenvalue weighted by atomic mass is 9.92. The van der Waals surface area contributed by atoms with Crippen LogP contribution in [0.25, 0.3) is 0 Å². The first-order chi connectivity index (χ1) is 8.13. The Balaban J connectivity index is 0.00000162. The molecule has 102 valence electrons. The highest BCUT2D eigenvalue weighted by molar-refractivity contribution is 9.10. The van der Waals surface area contributed by atoms with Gasteiger partial charge in [0.05, 0.1) is 7.11 Å². The second kappa shape index (κ2) is 6.64. The van der Waals surface area contributed by atoms with E-state index in [2.05, 4.69) is 15.9 Å². The highest BCUT2D eigenvalue weighted by Crippen LogP contribution is 2.42. The van der Waals surface area contributed by atoms with E-state index in [1.165, 1.54) is 12.8 Å². The third-order valence-electron chi connectivity index (χ3n) is 3.56. The van der Waals surface area contributed by atoms with Crippen molar-refractivity contribution in [1.29, 1.82) is 0 Å². The van der Waals surface area contributed by atoms with Crippen LogP contribution >= 0.6 is 28.3 Å². The minimum atomic E-state index is -0.108. The van der Waals surface area contributed by atoms with Gasteiger partial charge in [0.25, 0.3) is 0 Å². The summed E-state index contributed by atoms with van der Waals surface area (Å²) >= 11 is 3.42. The molecule has 0 bridgehead atoms. The van der Waals surface area contributed by atoms with Crippen molar-refractivity contribution < 1.29 is 9.84 Å². The van der Waals surface area contributed by atoms with E-state index in [0.717, 1.165) is 22.9 Å². The first-order valence-electron chi connectivity index (χ1n) is 5.95. The van der Waals surface area contributed by atoms with Crippen molar-refractivity contribution in [3.63, 3.8) is 0 Å². The zero-order valence-electron chi connectivity index (χ0n) is 10.4. The number of hydrogen-bond acceptors (Lipinski definition) is 3. The first kappa shape index (κ1) is 15.6. The molecule has 0 heterocycles. The number of halogens is 2. The maximum atomic E-state index is 10.1. The van der Waals surface area contributed by atoms with Gasteiger partial charge in [0, 0.05) is 16.1 Å². The van der Waals surface area contributed by atoms with E-state index in [4.69, 9.17) is 10.5 Å². The second-order valence-electron chi connectivity index (χ2n) is 4.62. The maximum Gasteiger partial charge on any atom is 0.162 e. The Morgan fingerprint density at radius 3 is 2.56 bits per heavy atom. The van der Waals surface area contributed by atoms with Gasteiger partial charge in [-0.1, -0.05) is 28.8 Å². The largest absolute Gasteiger partial charge is 0.504 e. The molecule has 0 aromatic heterocycles. The number of ether oxygens (including phenoxy) is 1. The molecule has 1 aromatic carbocycles. The molecule has 0 spiro atoms. The maximum absolute atomic E-state index is 10.1. The van der Waals surface area contributed by atoms with E-state index in [9.17, 15) is 5.11 Å². The van der Waals surface area contributed by atoms with Crippen LogP contribution in [-0.2, 0) is 0 Å². The molecule has 1 aromatic rings. The second-order valence-corrected chi connectivity index (χ2v) is 5.53. The molecule has 1 atom stereocenters. The molecule has 0 radical (unpaired) electrons. The Bertz CT molecular complexity index is 408. The fourth-order valence-electron chi connectivity index (χ4n) is 2.57. The number of methoxy groups -OCH3 is 1. The molecule has 1 saturated carbocycles. The van der Waals surface area contributed by atoms with Crippen LogP contribution in [-0.4, -0.2) is 12.2 Å². The highest BCUT2D eigenvalue weighted by Gasteiger charge is 2.26. The molecule has 2 rings (SSSR count). The molecule has 0 aliphatic heterocycles. The van der Waals surface area contributed by atoms with Crippen LogP contribution in [0.1, 0.15) is 37.3 Å². The highest BCUT2D eigenvalue weighted by atomic mass is 79.9. The van der Waals surface area contributed by atoms with Gasteiger partial charge in [-0.15, -0.1) is 12.4 Å². The lowest BCUT2D eigenvalue weighted by Crippen LogP contribution is -2.19. The predicted molar refractivity (Wildman–Crippen MR) is 78.5 cm³/mol. The van der Waals surface area contributed by atoms with E-state index in [0.29, 0.717) is 11.7 Å². The number of phenols is 1. The zero-order chi connectivity index (χ0) is 12.4. The van der Waals surface area contributed by atoms with Gasteiger partial charge in [0.1, 0.15) is 0 Å². The summed E-state index contributed by atoms with van der Waals surface area (Å²) in [7, 11) is 1.55. The molecular weight excluding hydrogens is 318 g/mol. The lowest BCUT2D eigenvalue weighted by Gasteiger charge is -2.21. The van der Waals surface area contributed by atoms with Crippen LogP contribution in [0.4, 0.5) is 0 Å². The van der Waals surface area contributed by atoms with E-state index in [-0.39, 0.29) is 24.2 Å². The third-order valence-corrected chi connectivity index (χ3v) is 4.01. The molecule has 3 N–H and O–H groups in total. The fraction of sp³-hybridized carbons (Fsp3) is 0.538. The number of benzene rings is 1. The molecule has 0 unspecified atom stereocenters. The molecule has 18 heavy (non-hydrogen) atoms. The summed E-state index contributed by atoms with van der Waals surface area (Å²) in [6, 6.07) is 3.53. The molecule has 3 nitrogen and oxygen atoms in total. The van der Waals surface area contributed by atoms with E-state index in [1.807, 2.05) is 6.07 Å². The zero-order valence-corrected chi connectivity index (χ0v) is 12.8. The van der Waals surface area contributed by atoms with Gasteiger partial charge in [-0.2, -0.15) is 0 Å². The Kier molecular flexibility index (Phi) is 5.76. The van der Waals surface area contributed by atoms with Gasteiger partial charge in [-0.3, -0.25) is 0 Å².